The lowest BCUT2D eigenvalue weighted by Gasteiger charge is -2.06. The second-order valence-corrected chi connectivity index (χ2v) is 4.25. The Balaban J connectivity index is 2.36. The van der Waals surface area contributed by atoms with Gasteiger partial charge in [0.25, 0.3) is 5.78 Å². The summed E-state index contributed by atoms with van der Waals surface area (Å²) in [5, 5.41) is 0. The Morgan fingerprint density at radius 1 is 1.21 bits per heavy atom. The fourth-order valence-electron chi connectivity index (χ4n) is 1.85. The predicted molar refractivity (Wildman–Crippen MR) is 61.5 cm³/mol. The first-order valence-electron chi connectivity index (χ1n) is 5.53. The number of rotatable bonds is 2. The SMILES string of the molecule is Cn1cc[n+](C)c1C(=O)c1ccc(C(F)(F)F)cc1. The molecule has 2 aromatic rings. The first-order valence-corrected chi connectivity index (χ1v) is 5.53. The molecule has 0 bridgehead atoms. The molecular weight excluding hydrogens is 257 g/mol. The van der Waals surface area contributed by atoms with Gasteiger partial charge in [-0.15, -0.1) is 0 Å². The Labute approximate surface area is 107 Å². The number of benzene rings is 1. The zero-order valence-corrected chi connectivity index (χ0v) is 10.4. The van der Waals surface area contributed by atoms with Crippen molar-refractivity contribution in [2.75, 3.05) is 0 Å². The fraction of sp³-hybridized carbons (Fsp3) is 0.231. The molecule has 0 atom stereocenters. The highest BCUT2D eigenvalue weighted by Gasteiger charge is 2.31. The van der Waals surface area contributed by atoms with E-state index < -0.39 is 11.7 Å². The largest absolute Gasteiger partial charge is 0.416 e. The molecule has 19 heavy (non-hydrogen) atoms. The van der Waals surface area contributed by atoms with Crippen molar-refractivity contribution in [2.45, 2.75) is 6.18 Å². The number of hydrogen-bond acceptors (Lipinski definition) is 1. The third kappa shape index (κ3) is 2.52. The van der Waals surface area contributed by atoms with Crippen LogP contribution >= 0.6 is 0 Å². The molecule has 0 spiro atoms. The van der Waals surface area contributed by atoms with Crippen molar-refractivity contribution in [3.8, 4) is 0 Å². The summed E-state index contributed by atoms with van der Waals surface area (Å²) in [6.07, 6.45) is -0.980. The minimum atomic E-state index is -4.39. The smallest absolute Gasteiger partial charge is 0.280 e. The summed E-state index contributed by atoms with van der Waals surface area (Å²) in [5.41, 5.74) is -0.536. The van der Waals surface area contributed by atoms with Gasteiger partial charge in [0, 0.05) is 5.56 Å². The molecule has 0 N–H and O–H groups in total. The van der Waals surface area contributed by atoms with Crippen LogP contribution in [0.4, 0.5) is 13.2 Å². The van der Waals surface area contributed by atoms with Crippen LogP contribution in [0.1, 0.15) is 21.7 Å². The first kappa shape index (κ1) is 13.3. The van der Waals surface area contributed by atoms with Crippen molar-refractivity contribution in [1.29, 1.82) is 0 Å². The molecule has 6 heteroatoms. The number of carbonyl (C=O) groups is 1. The number of imidazole rings is 1. The van der Waals surface area contributed by atoms with Gasteiger partial charge in [0.05, 0.1) is 19.7 Å². The average molecular weight is 269 g/mol. The molecule has 0 radical (unpaired) electrons. The highest BCUT2D eigenvalue weighted by atomic mass is 19.4. The van der Waals surface area contributed by atoms with E-state index in [4.69, 9.17) is 0 Å². The van der Waals surface area contributed by atoms with Crippen molar-refractivity contribution < 1.29 is 22.5 Å². The van der Waals surface area contributed by atoms with Crippen LogP contribution in [0.15, 0.2) is 36.7 Å². The predicted octanol–water partition coefficient (Wildman–Crippen LogP) is 2.10. The van der Waals surface area contributed by atoms with Gasteiger partial charge in [-0.2, -0.15) is 13.2 Å². The number of aromatic nitrogens is 2. The number of alkyl halides is 3. The lowest BCUT2D eigenvalue weighted by molar-refractivity contribution is -0.672. The number of halogens is 3. The van der Waals surface area contributed by atoms with E-state index in [9.17, 15) is 18.0 Å². The summed E-state index contributed by atoms with van der Waals surface area (Å²) in [5.74, 6) is 0.0866. The molecule has 0 saturated heterocycles. The summed E-state index contributed by atoms with van der Waals surface area (Å²) < 4.78 is 40.5. The Morgan fingerprint density at radius 3 is 2.21 bits per heavy atom. The Hall–Kier alpha value is -2.11. The maximum absolute atomic E-state index is 12.4. The summed E-state index contributed by atoms with van der Waals surface area (Å²) in [7, 11) is 3.41. The quantitative estimate of drug-likeness (QED) is 0.605. The first-order chi connectivity index (χ1) is 8.80. The van der Waals surface area contributed by atoms with E-state index >= 15 is 0 Å². The zero-order valence-electron chi connectivity index (χ0n) is 10.4. The van der Waals surface area contributed by atoms with Gasteiger partial charge in [0.2, 0.25) is 0 Å². The molecule has 100 valence electrons. The van der Waals surface area contributed by atoms with Crippen LogP contribution in [0.5, 0.6) is 0 Å². The van der Waals surface area contributed by atoms with E-state index in [2.05, 4.69) is 0 Å². The molecule has 0 unspecified atom stereocenters. The maximum atomic E-state index is 12.4. The molecular formula is C13H12F3N2O+. The van der Waals surface area contributed by atoms with Gasteiger partial charge >= 0.3 is 12.0 Å². The highest BCUT2D eigenvalue weighted by Crippen LogP contribution is 2.29. The highest BCUT2D eigenvalue weighted by molar-refractivity contribution is 6.05. The lowest BCUT2D eigenvalue weighted by atomic mass is 10.1. The van der Waals surface area contributed by atoms with Gasteiger partial charge in [-0.05, 0) is 12.1 Å². The number of aryl methyl sites for hydroxylation is 2. The van der Waals surface area contributed by atoms with E-state index in [-0.39, 0.29) is 11.3 Å². The number of nitrogens with zero attached hydrogens (tertiary/aromatic N) is 2. The average Bonchev–Trinajstić information content (AvgIpc) is 2.67. The number of ketones is 1. The van der Waals surface area contributed by atoms with Gasteiger partial charge in [-0.1, -0.05) is 12.1 Å². The summed E-state index contributed by atoms with van der Waals surface area (Å²) in [6, 6.07) is 4.21. The minimum Gasteiger partial charge on any atom is -0.280 e. The van der Waals surface area contributed by atoms with Crippen LogP contribution in [0.3, 0.4) is 0 Å². The van der Waals surface area contributed by atoms with Crippen LogP contribution in [0.2, 0.25) is 0 Å². The fourth-order valence-corrected chi connectivity index (χ4v) is 1.85. The normalized spacial score (nSPS) is 11.6. The third-order valence-corrected chi connectivity index (χ3v) is 2.86. The zero-order chi connectivity index (χ0) is 14.2. The van der Waals surface area contributed by atoms with Crippen LogP contribution < -0.4 is 4.57 Å². The second-order valence-electron chi connectivity index (χ2n) is 4.25. The maximum Gasteiger partial charge on any atom is 0.416 e. The van der Waals surface area contributed by atoms with Crippen molar-refractivity contribution in [3.63, 3.8) is 0 Å². The molecule has 0 amide bonds. The monoisotopic (exact) mass is 269 g/mol. The van der Waals surface area contributed by atoms with Crippen molar-refractivity contribution >= 4 is 5.78 Å². The van der Waals surface area contributed by atoms with Crippen molar-refractivity contribution in [3.05, 3.63) is 53.6 Å². The molecule has 0 fully saturated rings. The van der Waals surface area contributed by atoms with Crippen LogP contribution in [0.25, 0.3) is 0 Å². The van der Waals surface area contributed by atoms with Gasteiger partial charge in [0.15, 0.2) is 0 Å². The van der Waals surface area contributed by atoms with Gasteiger partial charge < -0.3 is 0 Å². The van der Waals surface area contributed by atoms with Crippen LogP contribution in [-0.2, 0) is 20.3 Å². The van der Waals surface area contributed by atoms with E-state index in [0.717, 1.165) is 12.1 Å². The lowest BCUT2D eigenvalue weighted by Crippen LogP contribution is -2.35. The molecule has 0 aliphatic carbocycles. The van der Waals surface area contributed by atoms with E-state index in [1.807, 2.05) is 0 Å². The van der Waals surface area contributed by atoms with E-state index in [1.165, 1.54) is 12.1 Å². The van der Waals surface area contributed by atoms with Crippen LogP contribution in [-0.4, -0.2) is 10.4 Å². The Bertz CT molecular complexity index is 592. The van der Waals surface area contributed by atoms with Crippen molar-refractivity contribution in [1.82, 2.24) is 4.57 Å². The van der Waals surface area contributed by atoms with Gasteiger partial charge in [-0.25, -0.2) is 9.13 Å². The molecule has 0 saturated carbocycles. The second kappa shape index (κ2) is 4.53. The van der Waals surface area contributed by atoms with Gasteiger partial charge in [0.1, 0.15) is 12.4 Å². The Morgan fingerprint density at radius 2 is 1.79 bits per heavy atom. The number of hydrogen-bond donors (Lipinski definition) is 0. The minimum absolute atomic E-state index is 0.227. The summed E-state index contributed by atoms with van der Waals surface area (Å²) >= 11 is 0. The summed E-state index contributed by atoms with van der Waals surface area (Å²) in [4.78, 5) is 12.2. The molecule has 0 aliphatic rings. The van der Waals surface area contributed by atoms with Crippen molar-refractivity contribution in [2.24, 2.45) is 14.1 Å². The van der Waals surface area contributed by atoms with E-state index in [1.54, 1.807) is 35.6 Å². The molecule has 1 aromatic heterocycles. The topological polar surface area (TPSA) is 25.9 Å². The standard InChI is InChI=1S/C13H12F3N2O/c1-17-7-8-18(2)12(17)11(19)9-3-5-10(6-4-9)13(14,15)16/h3-8H,1-2H3/q+1. The number of carbonyl (C=O) groups excluding carboxylic acids is 1. The molecule has 1 heterocycles. The van der Waals surface area contributed by atoms with Gasteiger partial charge in [-0.3, -0.25) is 4.79 Å². The molecule has 0 aliphatic heterocycles. The Kier molecular flexibility index (Phi) is 3.18. The third-order valence-electron chi connectivity index (χ3n) is 2.86. The summed E-state index contributed by atoms with van der Waals surface area (Å²) in [6.45, 7) is 0. The molecule has 2 rings (SSSR count). The van der Waals surface area contributed by atoms with E-state index in [0.29, 0.717) is 5.82 Å². The van der Waals surface area contributed by atoms with Crippen LogP contribution in [0, 0.1) is 0 Å². The molecule has 3 nitrogen and oxygen atoms in total. The molecule has 1 aromatic carbocycles.